The number of carbonyl (C=O) groups excluding carboxylic acids is 2. The van der Waals surface area contributed by atoms with E-state index >= 15 is 0 Å². The lowest BCUT2D eigenvalue weighted by atomic mass is 9.93. The molecule has 3 aromatic rings. The molecule has 0 aromatic heterocycles. The normalized spacial score (nSPS) is 16.7. The zero-order chi connectivity index (χ0) is 29.9. The van der Waals surface area contributed by atoms with Gasteiger partial charge in [0.1, 0.15) is 5.75 Å². The van der Waals surface area contributed by atoms with Gasteiger partial charge in [-0.3, -0.25) is 4.79 Å². The molecule has 8 nitrogen and oxygen atoms in total. The summed E-state index contributed by atoms with van der Waals surface area (Å²) in [5, 5.41) is 8.90. The maximum atomic E-state index is 13.6. The van der Waals surface area contributed by atoms with Crippen molar-refractivity contribution in [2.24, 2.45) is 4.99 Å². The average Bonchev–Trinajstić information content (AvgIpc) is 2.97. The Morgan fingerprint density at radius 1 is 0.952 bits per heavy atom. The Morgan fingerprint density at radius 3 is 2.31 bits per heavy atom. The first-order chi connectivity index (χ1) is 20.1. The molecule has 1 atom stereocenters. The predicted octanol–water partition coefficient (Wildman–Crippen LogP) is 7.12. The molecule has 5 rings (SSSR count). The Morgan fingerprint density at radius 2 is 1.62 bits per heavy atom. The van der Waals surface area contributed by atoms with E-state index in [2.05, 4.69) is 20.9 Å². The van der Waals surface area contributed by atoms with Gasteiger partial charge in [0.2, 0.25) is 0 Å². The molecule has 2 aliphatic heterocycles. The molecule has 3 amide bonds. The maximum Gasteiger partial charge on any atom is 0.416 e. The van der Waals surface area contributed by atoms with Crippen LogP contribution in [0.1, 0.15) is 30.5 Å². The van der Waals surface area contributed by atoms with Crippen LogP contribution in [-0.2, 0) is 11.0 Å². The number of nitrogens with one attached hydrogen (secondary N) is 3. The average molecular weight is 596 g/mol. The third kappa shape index (κ3) is 6.54. The highest BCUT2D eigenvalue weighted by Gasteiger charge is 2.37. The van der Waals surface area contributed by atoms with Gasteiger partial charge in [-0.1, -0.05) is 30.0 Å². The number of hydrogen-bond acceptors (Lipinski definition) is 6. The number of rotatable bonds is 6. The lowest BCUT2D eigenvalue weighted by Crippen LogP contribution is -2.43. The highest BCUT2D eigenvalue weighted by atomic mass is 32.2. The van der Waals surface area contributed by atoms with Gasteiger partial charge in [-0.15, -0.1) is 0 Å². The molecule has 42 heavy (non-hydrogen) atoms. The summed E-state index contributed by atoms with van der Waals surface area (Å²) in [5.74, 6) is 1.34. The molecule has 0 spiro atoms. The van der Waals surface area contributed by atoms with Crippen LogP contribution >= 0.6 is 11.8 Å². The minimum Gasteiger partial charge on any atom is -0.497 e. The van der Waals surface area contributed by atoms with Gasteiger partial charge in [0.25, 0.3) is 5.91 Å². The number of methoxy groups -OCH3 is 1. The Bertz CT molecular complexity index is 1540. The molecule has 218 valence electrons. The number of ether oxygens (including phenoxy) is 1. The van der Waals surface area contributed by atoms with E-state index in [4.69, 9.17) is 9.73 Å². The van der Waals surface area contributed by atoms with Crippen LogP contribution in [0.4, 0.5) is 35.0 Å². The van der Waals surface area contributed by atoms with Crippen molar-refractivity contribution in [3.8, 4) is 5.75 Å². The SMILES string of the molecule is COc1ccc(NC(=O)C2=C(C)N=C3SCCCN3C2c2ccc(NC(=O)Nc3cccc(C(F)(F)F)c3)cc2)cc1. The summed E-state index contributed by atoms with van der Waals surface area (Å²) < 4.78 is 44.2. The number of amides is 3. The van der Waals surface area contributed by atoms with Gasteiger partial charge in [-0.05, 0) is 73.5 Å². The number of aliphatic imine (C=N–C) groups is 1. The van der Waals surface area contributed by atoms with Crippen LogP contribution in [0.3, 0.4) is 0 Å². The number of alkyl halides is 3. The van der Waals surface area contributed by atoms with E-state index in [1.165, 1.54) is 12.1 Å². The second-order valence-corrected chi connectivity index (χ2v) is 10.7. The molecule has 1 fully saturated rings. The molecule has 3 aromatic carbocycles. The molecule has 0 aliphatic carbocycles. The van der Waals surface area contributed by atoms with E-state index in [1.807, 2.05) is 19.1 Å². The van der Waals surface area contributed by atoms with Gasteiger partial charge < -0.3 is 25.6 Å². The summed E-state index contributed by atoms with van der Waals surface area (Å²) in [7, 11) is 1.57. The first-order valence-corrected chi connectivity index (χ1v) is 14.1. The molecular weight excluding hydrogens is 567 g/mol. The molecule has 0 saturated carbocycles. The number of urea groups is 1. The Labute approximate surface area is 245 Å². The number of hydrogen-bond donors (Lipinski definition) is 3. The number of fused-ring (bicyclic) bond motifs is 1. The van der Waals surface area contributed by atoms with Crippen molar-refractivity contribution in [1.82, 2.24) is 4.90 Å². The largest absolute Gasteiger partial charge is 0.497 e. The third-order valence-corrected chi connectivity index (χ3v) is 7.86. The monoisotopic (exact) mass is 595 g/mol. The number of halogens is 3. The van der Waals surface area contributed by atoms with Crippen LogP contribution in [0.15, 0.2) is 89.1 Å². The summed E-state index contributed by atoms with van der Waals surface area (Å²) in [4.78, 5) is 33.0. The van der Waals surface area contributed by atoms with Crippen LogP contribution in [-0.4, -0.2) is 41.4 Å². The van der Waals surface area contributed by atoms with Crippen molar-refractivity contribution in [1.29, 1.82) is 0 Å². The number of thioether (sulfide) groups is 1. The molecule has 0 bridgehead atoms. The fourth-order valence-corrected chi connectivity index (χ4v) is 5.81. The summed E-state index contributed by atoms with van der Waals surface area (Å²) in [5.41, 5.74) is 2.18. The van der Waals surface area contributed by atoms with Crippen molar-refractivity contribution in [3.05, 3.63) is 95.2 Å². The number of carbonyl (C=O) groups is 2. The van der Waals surface area contributed by atoms with E-state index in [9.17, 15) is 22.8 Å². The van der Waals surface area contributed by atoms with Gasteiger partial charge in [-0.2, -0.15) is 13.2 Å². The lowest BCUT2D eigenvalue weighted by Gasteiger charge is -2.41. The highest BCUT2D eigenvalue weighted by molar-refractivity contribution is 8.13. The molecular formula is C30H28F3N5O3S. The van der Waals surface area contributed by atoms with Crippen LogP contribution in [0.5, 0.6) is 5.75 Å². The van der Waals surface area contributed by atoms with E-state index in [-0.39, 0.29) is 11.6 Å². The first-order valence-electron chi connectivity index (χ1n) is 13.1. The van der Waals surface area contributed by atoms with Crippen LogP contribution < -0.4 is 20.7 Å². The third-order valence-electron chi connectivity index (χ3n) is 6.78. The topological polar surface area (TPSA) is 95.1 Å². The molecule has 2 aliphatic rings. The Balaban J connectivity index is 1.35. The minimum atomic E-state index is -4.52. The molecule has 2 heterocycles. The van der Waals surface area contributed by atoms with Crippen LogP contribution in [0, 0.1) is 0 Å². The Hall–Kier alpha value is -4.45. The number of nitrogens with zero attached hydrogens (tertiary/aromatic N) is 2. The summed E-state index contributed by atoms with van der Waals surface area (Å²) in [6, 6.07) is 17.4. The highest BCUT2D eigenvalue weighted by Crippen LogP contribution is 2.40. The fourth-order valence-electron chi connectivity index (χ4n) is 4.79. The van der Waals surface area contributed by atoms with E-state index in [0.717, 1.165) is 41.6 Å². The van der Waals surface area contributed by atoms with Crippen molar-refractivity contribution in [3.63, 3.8) is 0 Å². The number of allylic oxidation sites excluding steroid dienone is 1. The summed E-state index contributed by atoms with van der Waals surface area (Å²) >= 11 is 1.65. The number of amidine groups is 1. The zero-order valence-corrected chi connectivity index (χ0v) is 23.6. The summed E-state index contributed by atoms with van der Waals surface area (Å²) in [6.07, 6.45) is -3.58. The molecule has 1 saturated heterocycles. The standard InChI is InChI=1S/C30H28F3N5O3S/c1-18-25(27(39)35-21-11-13-24(41-2)14-12-21)26(38-15-4-16-42-29(38)34-18)19-7-9-22(10-8-19)36-28(40)37-23-6-3-5-20(17-23)30(31,32)33/h3,5-14,17,26H,4,15-16H2,1-2H3,(H,35,39)(H2,36,37,40). The fraction of sp³-hybridized carbons (Fsp3) is 0.233. The second kappa shape index (κ2) is 12.2. The van der Waals surface area contributed by atoms with Crippen LogP contribution in [0.2, 0.25) is 0 Å². The first kappa shape index (κ1) is 29.1. The van der Waals surface area contributed by atoms with E-state index < -0.39 is 23.8 Å². The van der Waals surface area contributed by atoms with Crippen molar-refractivity contribution in [2.45, 2.75) is 25.6 Å². The molecule has 0 radical (unpaired) electrons. The predicted molar refractivity (Wildman–Crippen MR) is 159 cm³/mol. The maximum absolute atomic E-state index is 13.6. The lowest BCUT2D eigenvalue weighted by molar-refractivity contribution is -0.137. The van der Waals surface area contributed by atoms with Gasteiger partial charge in [0.15, 0.2) is 5.17 Å². The quantitative estimate of drug-likeness (QED) is 0.282. The van der Waals surface area contributed by atoms with Crippen molar-refractivity contribution in [2.75, 3.05) is 35.4 Å². The van der Waals surface area contributed by atoms with Crippen molar-refractivity contribution < 1.29 is 27.5 Å². The van der Waals surface area contributed by atoms with Gasteiger partial charge in [0.05, 0.1) is 30.0 Å². The van der Waals surface area contributed by atoms with Gasteiger partial charge >= 0.3 is 12.2 Å². The van der Waals surface area contributed by atoms with E-state index in [0.29, 0.717) is 28.4 Å². The summed E-state index contributed by atoms with van der Waals surface area (Å²) in [6.45, 7) is 2.55. The number of benzene rings is 3. The molecule has 1 unspecified atom stereocenters. The van der Waals surface area contributed by atoms with Gasteiger partial charge in [-0.25, -0.2) is 9.79 Å². The van der Waals surface area contributed by atoms with E-state index in [1.54, 1.807) is 55.3 Å². The molecule has 12 heteroatoms. The Kier molecular flexibility index (Phi) is 8.44. The molecule has 3 N–H and O–H groups in total. The number of anilines is 3. The minimum absolute atomic E-state index is 0.0173. The van der Waals surface area contributed by atoms with Crippen molar-refractivity contribution >= 4 is 45.9 Å². The van der Waals surface area contributed by atoms with Gasteiger partial charge in [0, 0.05) is 29.4 Å². The zero-order valence-electron chi connectivity index (χ0n) is 22.8. The van der Waals surface area contributed by atoms with Crippen LogP contribution in [0.25, 0.3) is 0 Å². The second-order valence-electron chi connectivity index (χ2n) is 9.65. The smallest absolute Gasteiger partial charge is 0.416 e.